The lowest BCUT2D eigenvalue weighted by atomic mass is 9.96. The van der Waals surface area contributed by atoms with Crippen molar-refractivity contribution >= 4 is 5.91 Å². The van der Waals surface area contributed by atoms with Crippen molar-refractivity contribution in [3.05, 3.63) is 29.8 Å². The standard InChI is InChI=1S/C18H26N2O2/c1-22-17-8-6-15(7-9-17)13-19-10-4-5-16(14-19)18(21)20-11-2-3-12-20/h6-9,16H,2-5,10-14H2,1H3/p+1/t16-/m0/s1. The molecule has 2 saturated heterocycles. The number of hydrogen-bond acceptors (Lipinski definition) is 2. The van der Waals surface area contributed by atoms with E-state index in [-0.39, 0.29) is 5.92 Å². The summed E-state index contributed by atoms with van der Waals surface area (Å²) in [6.07, 6.45) is 4.60. The number of quaternary nitrogens is 1. The molecule has 1 N–H and O–H groups in total. The topological polar surface area (TPSA) is 34.0 Å². The third-order valence-electron chi connectivity index (χ3n) is 5.00. The van der Waals surface area contributed by atoms with Gasteiger partial charge in [-0.05, 0) is 49.9 Å². The minimum absolute atomic E-state index is 0.236. The lowest BCUT2D eigenvalue weighted by Gasteiger charge is -2.31. The normalized spacial score (nSPS) is 25.2. The number of benzene rings is 1. The van der Waals surface area contributed by atoms with Crippen LogP contribution < -0.4 is 9.64 Å². The molecule has 4 heteroatoms. The van der Waals surface area contributed by atoms with Crippen molar-refractivity contribution in [2.24, 2.45) is 5.92 Å². The monoisotopic (exact) mass is 303 g/mol. The molecule has 22 heavy (non-hydrogen) atoms. The highest BCUT2D eigenvalue weighted by atomic mass is 16.5. The highest BCUT2D eigenvalue weighted by Crippen LogP contribution is 2.17. The van der Waals surface area contributed by atoms with Gasteiger partial charge in [-0.25, -0.2) is 0 Å². The second kappa shape index (κ2) is 7.14. The molecule has 1 aromatic carbocycles. The summed E-state index contributed by atoms with van der Waals surface area (Å²) in [6.45, 7) is 5.12. The third kappa shape index (κ3) is 3.61. The Morgan fingerprint density at radius 1 is 1.23 bits per heavy atom. The van der Waals surface area contributed by atoms with Crippen LogP contribution in [0.25, 0.3) is 0 Å². The summed E-state index contributed by atoms with van der Waals surface area (Å²) in [7, 11) is 1.69. The summed E-state index contributed by atoms with van der Waals surface area (Å²) in [4.78, 5) is 16.2. The molecule has 4 nitrogen and oxygen atoms in total. The molecular weight excluding hydrogens is 276 g/mol. The molecule has 0 aromatic heterocycles. The Morgan fingerprint density at radius 3 is 2.64 bits per heavy atom. The molecule has 0 spiro atoms. The molecule has 2 heterocycles. The van der Waals surface area contributed by atoms with Gasteiger partial charge in [0.2, 0.25) is 5.91 Å². The zero-order valence-corrected chi connectivity index (χ0v) is 13.5. The van der Waals surface area contributed by atoms with Gasteiger partial charge >= 0.3 is 0 Å². The highest BCUT2D eigenvalue weighted by Gasteiger charge is 2.32. The van der Waals surface area contributed by atoms with Gasteiger partial charge in [0, 0.05) is 18.7 Å². The number of hydrogen-bond donors (Lipinski definition) is 1. The third-order valence-corrected chi connectivity index (χ3v) is 5.00. The van der Waals surface area contributed by atoms with E-state index in [2.05, 4.69) is 17.0 Å². The predicted octanol–water partition coefficient (Wildman–Crippen LogP) is 1.11. The average molecular weight is 303 g/mol. The predicted molar refractivity (Wildman–Crippen MR) is 85.9 cm³/mol. The molecule has 3 rings (SSSR count). The van der Waals surface area contributed by atoms with Gasteiger partial charge in [-0.1, -0.05) is 0 Å². The number of ether oxygens (including phenoxy) is 1. The Bertz CT molecular complexity index is 494. The SMILES string of the molecule is COc1ccc(C[NH+]2CCC[C@H](C(=O)N3CCCC3)C2)cc1. The molecule has 1 unspecified atom stereocenters. The second-order valence-corrected chi connectivity index (χ2v) is 6.60. The van der Waals surface area contributed by atoms with Crippen molar-refractivity contribution in [2.45, 2.75) is 32.2 Å². The smallest absolute Gasteiger partial charge is 0.231 e. The van der Waals surface area contributed by atoms with Crippen molar-refractivity contribution < 1.29 is 14.4 Å². The van der Waals surface area contributed by atoms with Crippen molar-refractivity contribution in [3.8, 4) is 5.75 Å². The van der Waals surface area contributed by atoms with Gasteiger partial charge in [0.25, 0.3) is 0 Å². The Labute approximate surface area is 133 Å². The fraction of sp³-hybridized carbons (Fsp3) is 0.611. The van der Waals surface area contributed by atoms with Crippen LogP contribution in [0, 0.1) is 5.92 Å². The maximum Gasteiger partial charge on any atom is 0.231 e. The quantitative estimate of drug-likeness (QED) is 0.904. The van der Waals surface area contributed by atoms with Crippen LogP contribution in [0.15, 0.2) is 24.3 Å². The number of amides is 1. The van der Waals surface area contributed by atoms with E-state index in [0.717, 1.165) is 44.8 Å². The maximum absolute atomic E-state index is 12.6. The molecule has 2 aliphatic heterocycles. The molecule has 2 atom stereocenters. The van der Waals surface area contributed by atoms with Crippen molar-refractivity contribution in [1.82, 2.24) is 4.90 Å². The molecule has 120 valence electrons. The number of methoxy groups -OCH3 is 1. The first-order valence-electron chi connectivity index (χ1n) is 8.51. The van der Waals surface area contributed by atoms with Crippen LogP contribution in [0.3, 0.4) is 0 Å². The number of nitrogens with zero attached hydrogens (tertiary/aromatic N) is 1. The highest BCUT2D eigenvalue weighted by molar-refractivity contribution is 5.79. The van der Waals surface area contributed by atoms with Gasteiger partial charge in [-0.3, -0.25) is 4.79 Å². The molecule has 1 aromatic rings. The number of rotatable bonds is 4. The van der Waals surface area contributed by atoms with Gasteiger partial charge in [-0.2, -0.15) is 0 Å². The fourth-order valence-electron chi connectivity index (χ4n) is 3.75. The maximum atomic E-state index is 12.6. The molecule has 0 saturated carbocycles. The van der Waals surface area contributed by atoms with E-state index in [0.29, 0.717) is 5.91 Å². The van der Waals surface area contributed by atoms with Crippen molar-refractivity contribution in [3.63, 3.8) is 0 Å². The Morgan fingerprint density at radius 2 is 1.95 bits per heavy atom. The number of nitrogens with one attached hydrogen (secondary N) is 1. The second-order valence-electron chi connectivity index (χ2n) is 6.60. The van der Waals surface area contributed by atoms with E-state index in [1.165, 1.54) is 29.8 Å². The van der Waals surface area contributed by atoms with E-state index in [4.69, 9.17) is 4.74 Å². The summed E-state index contributed by atoms with van der Waals surface area (Å²) in [6, 6.07) is 8.31. The largest absolute Gasteiger partial charge is 0.497 e. The molecule has 0 bridgehead atoms. The summed E-state index contributed by atoms with van der Waals surface area (Å²) in [5, 5.41) is 0. The summed E-state index contributed by atoms with van der Waals surface area (Å²) in [5.74, 6) is 1.55. The Hall–Kier alpha value is -1.55. The zero-order valence-electron chi connectivity index (χ0n) is 13.5. The van der Waals surface area contributed by atoms with Crippen LogP contribution in [0.4, 0.5) is 0 Å². The molecule has 1 amide bonds. The van der Waals surface area contributed by atoms with Crippen LogP contribution in [-0.4, -0.2) is 44.1 Å². The average Bonchev–Trinajstić information content (AvgIpc) is 3.09. The van der Waals surface area contributed by atoms with Crippen molar-refractivity contribution in [2.75, 3.05) is 33.3 Å². The summed E-state index contributed by atoms with van der Waals surface area (Å²) >= 11 is 0. The van der Waals surface area contributed by atoms with E-state index in [1.54, 1.807) is 7.11 Å². The van der Waals surface area contributed by atoms with E-state index in [1.807, 2.05) is 12.1 Å². The molecule has 2 aliphatic rings. The first kappa shape index (κ1) is 15.3. The molecular formula is C18H27N2O2+. The van der Waals surface area contributed by atoms with Gasteiger partial charge in [0.05, 0.1) is 26.1 Å². The van der Waals surface area contributed by atoms with Crippen LogP contribution in [0.5, 0.6) is 5.75 Å². The number of likely N-dealkylation sites (tertiary alicyclic amines) is 2. The Balaban J connectivity index is 1.56. The van der Waals surface area contributed by atoms with E-state index >= 15 is 0 Å². The number of carbonyl (C=O) groups is 1. The lowest BCUT2D eigenvalue weighted by Crippen LogP contribution is -3.12. The molecule has 0 radical (unpaired) electrons. The van der Waals surface area contributed by atoms with E-state index in [9.17, 15) is 4.79 Å². The summed E-state index contributed by atoms with van der Waals surface area (Å²) < 4.78 is 5.21. The first-order chi connectivity index (χ1) is 10.8. The first-order valence-corrected chi connectivity index (χ1v) is 8.51. The van der Waals surface area contributed by atoms with E-state index < -0.39 is 0 Å². The fourth-order valence-corrected chi connectivity index (χ4v) is 3.75. The Kier molecular flexibility index (Phi) is 4.98. The number of carbonyl (C=O) groups excluding carboxylic acids is 1. The summed E-state index contributed by atoms with van der Waals surface area (Å²) in [5.41, 5.74) is 1.32. The zero-order chi connectivity index (χ0) is 15.4. The van der Waals surface area contributed by atoms with Gasteiger partial charge < -0.3 is 14.5 Å². The van der Waals surface area contributed by atoms with Crippen LogP contribution in [-0.2, 0) is 11.3 Å². The molecule has 0 aliphatic carbocycles. The van der Waals surface area contributed by atoms with Gasteiger partial charge in [0.15, 0.2) is 0 Å². The minimum Gasteiger partial charge on any atom is -0.497 e. The lowest BCUT2D eigenvalue weighted by molar-refractivity contribution is -0.921. The van der Waals surface area contributed by atoms with Crippen LogP contribution in [0.1, 0.15) is 31.2 Å². The van der Waals surface area contributed by atoms with Crippen LogP contribution in [0.2, 0.25) is 0 Å². The van der Waals surface area contributed by atoms with Crippen LogP contribution >= 0.6 is 0 Å². The number of piperidine rings is 1. The minimum atomic E-state index is 0.236. The van der Waals surface area contributed by atoms with Crippen molar-refractivity contribution in [1.29, 1.82) is 0 Å². The van der Waals surface area contributed by atoms with Gasteiger partial charge in [0.1, 0.15) is 12.3 Å². The van der Waals surface area contributed by atoms with Gasteiger partial charge in [-0.15, -0.1) is 0 Å². The molecule has 2 fully saturated rings.